The molecule has 2 aromatic rings. The Morgan fingerprint density at radius 1 is 1.23 bits per heavy atom. The summed E-state index contributed by atoms with van der Waals surface area (Å²) in [7, 11) is 1.57. The van der Waals surface area contributed by atoms with Gasteiger partial charge in [-0.3, -0.25) is 4.90 Å². The van der Waals surface area contributed by atoms with Crippen molar-refractivity contribution in [3.8, 4) is 5.88 Å². The van der Waals surface area contributed by atoms with Crippen LogP contribution in [-0.2, 0) is 12.7 Å². The molecule has 1 aliphatic heterocycles. The van der Waals surface area contributed by atoms with Crippen LogP contribution in [0.4, 0.5) is 19.0 Å². The second kappa shape index (κ2) is 7.45. The van der Waals surface area contributed by atoms with Gasteiger partial charge in [-0.1, -0.05) is 6.07 Å². The van der Waals surface area contributed by atoms with E-state index >= 15 is 0 Å². The number of rotatable bonds is 4. The van der Waals surface area contributed by atoms with Crippen LogP contribution in [0.25, 0.3) is 0 Å². The standard InChI is InChI=1S/C17H20F3N5O/c1-12-9-25(15-8-14(17(18,19)20)21-11-22-15)7-6-24(12)10-13-4-3-5-16(23-13)26-2/h3-5,8,11-12H,6-7,9-10H2,1-2H3. The highest BCUT2D eigenvalue weighted by Crippen LogP contribution is 2.29. The van der Waals surface area contributed by atoms with Gasteiger partial charge in [0.25, 0.3) is 0 Å². The lowest BCUT2D eigenvalue weighted by Gasteiger charge is -2.40. The third-order valence-electron chi connectivity index (χ3n) is 4.39. The van der Waals surface area contributed by atoms with Crippen LogP contribution in [0.15, 0.2) is 30.6 Å². The Balaban J connectivity index is 1.67. The van der Waals surface area contributed by atoms with Crippen molar-refractivity contribution in [2.75, 3.05) is 31.6 Å². The molecular formula is C17H20F3N5O. The molecule has 1 atom stereocenters. The number of ether oxygens (including phenoxy) is 1. The number of halogens is 3. The lowest BCUT2D eigenvalue weighted by molar-refractivity contribution is -0.141. The van der Waals surface area contributed by atoms with Crippen LogP contribution >= 0.6 is 0 Å². The normalized spacial score (nSPS) is 18.8. The zero-order valence-corrected chi connectivity index (χ0v) is 14.6. The maximum Gasteiger partial charge on any atom is 0.433 e. The van der Waals surface area contributed by atoms with Gasteiger partial charge in [0.1, 0.15) is 17.8 Å². The minimum Gasteiger partial charge on any atom is -0.481 e. The first-order valence-electron chi connectivity index (χ1n) is 8.25. The highest BCUT2D eigenvalue weighted by molar-refractivity contribution is 5.40. The quantitative estimate of drug-likeness (QED) is 0.828. The van der Waals surface area contributed by atoms with Gasteiger partial charge in [-0.25, -0.2) is 15.0 Å². The minimum absolute atomic E-state index is 0.140. The first kappa shape index (κ1) is 18.4. The summed E-state index contributed by atoms with van der Waals surface area (Å²) in [6.45, 7) is 4.56. The molecule has 3 heterocycles. The van der Waals surface area contributed by atoms with Gasteiger partial charge in [-0.05, 0) is 13.0 Å². The Kier molecular flexibility index (Phi) is 5.26. The summed E-state index contributed by atoms with van der Waals surface area (Å²) in [5.74, 6) is 0.868. The number of hydrogen-bond donors (Lipinski definition) is 0. The Hall–Kier alpha value is -2.42. The van der Waals surface area contributed by atoms with Crippen molar-refractivity contribution in [3.05, 3.63) is 42.0 Å². The molecule has 3 rings (SSSR count). The first-order valence-corrected chi connectivity index (χ1v) is 8.25. The molecular weight excluding hydrogens is 347 g/mol. The predicted molar refractivity (Wildman–Crippen MR) is 89.9 cm³/mol. The van der Waals surface area contributed by atoms with Gasteiger partial charge in [-0.2, -0.15) is 13.2 Å². The van der Waals surface area contributed by atoms with Gasteiger partial charge in [-0.15, -0.1) is 0 Å². The molecule has 0 N–H and O–H groups in total. The number of nitrogens with zero attached hydrogens (tertiary/aromatic N) is 5. The fraction of sp³-hybridized carbons (Fsp3) is 0.471. The third-order valence-corrected chi connectivity index (χ3v) is 4.39. The number of hydrogen-bond acceptors (Lipinski definition) is 6. The van der Waals surface area contributed by atoms with Crippen molar-refractivity contribution < 1.29 is 17.9 Å². The number of pyridine rings is 1. The lowest BCUT2D eigenvalue weighted by Crippen LogP contribution is -2.51. The van der Waals surface area contributed by atoms with Crippen LogP contribution in [0, 0.1) is 0 Å². The molecule has 0 radical (unpaired) electrons. The summed E-state index contributed by atoms with van der Waals surface area (Å²) in [6, 6.07) is 6.76. The topological polar surface area (TPSA) is 54.4 Å². The van der Waals surface area contributed by atoms with Crippen LogP contribution in [0.3, 0.4) is 0 Å². The monoisotopic (exact) mass is 367 g/mol. The predicted octanol–water partition coefficient (Wildman–Crippen LogP) is 2.61. The van der Waals surface area contributed by atoms with E-state index in [0.717, 1.165) is 18.1 Å². The lowest BCUT2D eigenvalue weighted by atomic mass is 10.1. The number of anilines is 1. The van der Waals surface area contributed by atoms with Crippen LogP contribution in [0.2, 0.25) is 0 Å². The minimum atomic E-state index is -4.47. The highest BCUT2D eigenvalue weighted by Gasteiger charge is 2.34. The highest BCUT2D eigenvalue weighted by atomic mass is 19.4. The van der Waals surface area contributed by atoms with Crippen molar-refractivity contribution >= 4 is 5.82 Å². The van der Waals surface area contributed by atoms with E-state index in [-0.39, 0.29) is 6.04 Å². The smallest absolute Gasteiger partial charge is 0.433 e. The molecule has 0 aromatic carbocycles. The summed E-state index contributed by atoms with van der Waals surface area (Å²) in [5.41, 5.74) is -0.0239. The molecule has 2 aromatic heterocycles. The van der Waals surface area contributed by atoms with Crippen LogP contribution in [-0.4, -0.2) is 52.6 Å². The van der Waals surface area contributed by atoms with Gasteiger partial charge in [0, 0.05) is 44.4 Å². The van der Waals surface area contributed by atoms with Crippen molar-refractivity contribution in [1.82, 2.24) is 19.9 Å². The Morgan fingerprint density at radius 3 is 2.73 bits per heavy atom. The maximum atomic E-state index is 12.8. The van der Waals surface area contributed by atoms with Crippen molar-refractivity contribution in [1.29, 1.82) is 0 Å². The summed E-state index contributed by atoms with van der Waals surface area (Å²) >= 11 is 0. The van der Waals surface area contributed by atoms with Crippen LogP contribution in [0.5, 0.6) is 5.88 Å². The molecule has 26 heavy (non-hydrogen) atoms. The molecule has 0 aliphatic carbocycles. The second-order valence-corrected chi connectivity index (χ2v) is 6.20. The zero-order valence-electron chi connectivity index (χ0n) is 14.6. The van der Waals surface area contributed by atoms with Crippen LogP contribution < -0.4 is 9.64 Å². The van der Waals surface area contributed by atoms with Crippen LogP contribution in [0.1, 0.15) is 18.3 Å². The van der Waals surface area contributed by atoms with Gasteiger partial charge >= 0.3 is 6.18 Å². The molecule has 1 saturated heterocycles. The average Bonchev–Trinajstić information content (AvgIpc) is 2.63. The molecule has 9 heteroatoms. The largest absolute Gasteiger partial charge is 0.481 e. The van der Waals surface area contributed by atoms with E-state index < -0.39 is 11.9 Å². The third kappa shape index (κ3) is 4.21. The number of alkyl halides is 3. The number of piperazine rings is 1. The van der Waals surface area contributed by atoms with E-state index in [4.69, 9.17) is 4.74 Å². The molecule has 0 bridgehead atoms. The Bertz CT molecular complexity index is 755. The fourth-order valence-electron chi connectivity index (χ4n) is 2.98. The summed E-state index contributed by atoms with van der Waals surface area (Å²) in [4.78, 5) is 15.8. The molecule has 0 saturated carbocycles. The first-order chi connectivity index (χ1) is 12.4. The van der Waals surface area contributed by atoms with Gasteiger partial charge in [0.2, 0.25) is 5.88 Å². The van der Waals surface area contributed by atoms with E-state index in [1.807, 2.05) is 24.0 Å². The van der Waals surface area contributed by atoms with E-state index in [1.54, 1.807) is 13.2 Å². The van der Waals surface area contributed by atoms with E-state index in [2.05, 4.69) is 19.9 Å². The molecule has 1 aliphatic rings. The number of aromatic nitrogens is 3. The summed E-state index contributed by atoms with van der Waals surface area (Å²) in [5, 5.41) is 0. The van der Waals surface area contributed by atoms with Gasteiger partial charge < -0.3 is 9.64 Å². The Morgan fingerprint density at radius 2 is 2.04 bits per heavy atom. The maximum absolute atomic E-state index is 12.8. The molecule has 140 valence electrons. The molecule has 0 spiro atoms. The van der Waals surface area contributed by atoms with E-state index in [1.165, 1.54) is 0 Å². The molecule has 1 unspecified atom stereocenters. The summed E-state index contributed by atoms with van der Waals surface area (Å²) in [6.07, 6.45) is -3.50. The molecule has 1 fully saturated rings. The van der Waals surface area contributed by atoms with Crippen molar-refractivity contribution in [3.63, 3.8) is 0 Å². The van der Waals surface area contributed by atoms with Gasteiger partial charge in [0.15, 0.2) is 0 Å². The van der Waals surface area contributed by atoms with Crippen molar-refractivity contribution in [2.24, 2.45) is 0 Å². The molecule has 6 nitrogen and oxygen atoms in total. The average molecular weight is 367 g/mol. The SMILES string of the molecule is COc1cccc(CN2CCN(c3cc(C(F)(F)F)ncn3)CC2C)n1. The zero-order chi connectivity index (χ0) is 18.7. The number of methoxy groups -OCH3 is 1. The Labute approximate surface area is 149 Å². The van der Waals surface area contributed by atoms with Gasteiger partial charge in [0.05, 0.1) is 12.8 Å². The fourth-order valence-corrected chi connectivity index (χ4v) is 2.98. The summed E-state index contributed by atoms with van der Waals surface area (Å²) < 4.78 is 43.7. The van der Waals surface area contributed by atoms with E-state index in [9.17, 15) is 13.2 Å². The molecule has 0 amide bonds. The van der Waals surface area contributed by atoms with E-state index in [0.29, 0.717) is 37.9 Å². The second-order valence-electron chi connectivity index (χ2n) is 6.20. The van der Waals surface area contributed by atoms with Crippen molar-refractivity contribution in [2.45, 2.75) is 25.7 Å².